The van der Waals surface area contributed by atoms with Crippen molar-refractivity contribution in [2.45, 2.75) is 0 Å². The summed E-state index contributed by atoms with van der Waals surface area (Å²) in [5, 5.41) is 2.62. The number of hydrogen-bond donors (Lipinski definition) is 2. The quantitative estimate of drug-likeness (QED) is 0.776. The largest absolute Gasteiger partial charge is 0.481 e. The molecule has 0 saturated carbocycles. The molecule has 6 heteroatoms. The van der Waals surface area contributed by atoms with E-state index in [4.69, 9.17) is 10.5 Å². The molecule has 84 valence electrons. The van der Waals surface area contributed by atoms with Gasteiger partial charge in [0.2, 0.25) is 5.88 Å². The van der Waals surface area contributed by atoms with Gasteiger partial charge in [-0.25, -0.2) is 4.98 Å². The Labute approximate surface area is 94.4 Å². The highest BCUT2D eigenvalue weighted by atomic mass is 35.5. The number of hydrogen-bond acceptors (Lipinski definition) is 4. The second-order valence-electron chi connectivity index (χ2n) is 2.61. The van der Waals surface area contributed by atoms with Gasteiger partial charge in [0.1, 0.15) is 5.69 Å². The maximum Gasteiger partial charge on any atom is 0.270 e. The topological polar surface area (TPSA) is 77.2 Å². The average Bonchev–Trinajstić information content (AvgIpc) is 2.26. The van der Waals surface area contributed by atoms with Gasteiger partial charge in [-0.1, -0.05) is 6.07 Å². The predicted octanol–water partition coefficient (Wildman–Crippen LogP) is 0.200. The first-order valence-electron chi connectivity index (χ1n) is 4.27. The fourth-order valence-corrected chi connectivity index (χ4v) is 0.931. The van der Waals surface area contributed by atoms with Crippen LogP contribution in [0.25, 0.3) is 0 Å². The molecule has 0 saturated heterocycles. The number of carbonyl (C=O) groups is 1. The number of aromatic nitrogens is 1. The van der Waals surface area contributed by atoms with Crippen LogP contribution in [0, 0.1) is 0 Å². The van der Waals surface area contributed by atoms with Crippen molar-refractivity contribution in [3.05, 3.63) is 23.9 Å². The summed E-state index contributed by atoms with van der Waals surface area (Å²) >= 11 is 0. The van der Waals surface area contributed by atoms with Crippen LogP contribution in [0.1, 0.15) is 10.5 Å². The third kappa shape index (κ3) is 4.14. The number of ether oxygens (including phenoxy) is 1. The van der Waals surface area contributed by atoms with E-state index in [-0.39, 0.29) is 18.3 Å². The summed E-state index contributed by atoms with van der Waals surface area (Å²) in [6, 6.07) is 5.01. The molecular formula is C9H14ClN3O2. The first kappa shape index (κ1) is 13.7. The summed E-state index contributed by atoms with van der Waals surface area (Å²) in [7, 11) is 1.50. The van der Waals surface area contributed by atoms with Crippen LogP contribution < -0.4 is 15.8 Å². The molecule has 0 spiro atoms. The van der Waals surface area contributed by atoms with Gasteiger partial charge in [0.25, 0.3) is 5.91 Å². The average molecular weight is 232 g/mol. The zero-order valence-corrected chi connectivity index (χ0v) is 9.21. The van der Waals surface area contributed by atoms with E-state index in [0.29, 0.717) is 24.7 Å². The van der Waals surface area contributed by atoms with Crippen molar-refractivity contribution in [3.8, 4) is 5.88 Å². The minimum atomic E-state index is -0.241. The zero-order valence-electron chi connectivity index (χ0n) is 8.40. The smallest absolute Gasteiger partial charge is 0.270 e. The molecule has 0 radical (unpaired) electrons. The van der Waals surface area contributed by atoms with E-state index in [2.05, 4.69) is 10.3 Å². The third-order valence-corrected chi connectivity index (χ3v) is 1.60. The Balaban J connectivity index is 0.00000196. The minimum absolute atomic E-state index is 0. The monoisotopic (exact) mass is 231 g/mol. The number of halogens is 1. The summed E-state index contributed by atoms with van der Waals surface area (Å²) in [5.41, 5.74) is 5.58. The first-order chi connectivity index (χ1) is 6.77. The highest BCUT2D eigenvalue weighted by Crippen LogP contribution is 2.05. The van der Waals surface area contributed by atoms with Crippen LogP contribution in [0.3, 0.4) is 0 Å². The molecule has 0 aliphatic rings. The van der Waals surface area contributed by atoms with Crippen LogP contribution in [0.4, 0.5) is 0 Å². The van der Waals surface area contributed by atoms with Crippen LogP contribution in [-0.2, 0) is 0 Å². The number of nitrogens with one attached hydrogen (secondary N) is 1. The SMILES string of the molecule is COc1cccc(C(=O)NCCN)n1.Cl. The van der Waals surface area contributed by atoms with Crippen LogP contribution in [0.2, 0.25) is 0 Å². The first-order valence-corrected chi connectivity index (χ1v) is 4.27. The van der Waals surface area contributed by atoms with E-state index in [1.165, 1.54) is 7.11 Å². The van der Waals surface area contributed by atoms with Crippen LogP contribution in [0.15, 0.2) is 18.2 Å². The Morgan fingerprint density at radius 1 is 1.60 bits per heavy atom. The second-order valence-corrected chi connectivity index (χ2v) is 2.61. The van der Waals surface area contributed by atoms with Gasteiger partial charge < -0.3 is 15.8 Å². The lowest BCUT2D eigenvalue weighted by atomic mass is 10.3. The van der Waals surface area contributed by atoms with Crippen LogP contribution in [0.5, 0.6) is 5.88 Å². The van der Waals surface area contributed by atoms with Gasteiger partial charge in [-0.15, -0.1) is 12.4 Å². The highest BCUT2D eigenvalue weighted by Gasteiger charge is 2.06. The number of nitrogens with two attached hydrogens (primary N) is 1. The number of amides is 1. The minimum Gasteiger partial charge on any atom is -0.481 e. The molecule has 1 amide bonds. The van der Waals surface area contributed by atoms with Crippen molar-refractivity contribution < 1.29 is 9.53 Å². The fourth-order valence-electron chi connectivity index (χ4n) is 0.931. The molecule has 1 rings (SSSR count). The standard InChI is InChI=1S/C9H13N3O2.ClH/c1-14-8-4-2-3-7(12-8)9(13)11-6-5-10;/h2-4H,5-6,10H2,1H3,(H,11,13);1H. The number of pyridine rings is 1. The summed E-state index contributed by atoms with van der Waals surface area (Å²) in [5.74, 6) is 0.180. The molecule has 0 fully saturated rings. The normalized spacial score (nSPS) is 8.93. The molecule has 0 atom stereocenters. The van der Waals surface area contributed by atoms with Gasteiger partial charge in [0, 0.05) is 19.2 Å². The van der Waals surface area contributed by atoms with Crippen LogP contribution in [-0.4, -0.2) is 31.1 Å². The summed E-state index contributed by atoms with van der Waals surface area (Å²) < 4.78 is 4.89. The lowest BCUT2D eigenvalue weighted by Crippen LogP contribution is -2.29. The summed E-state index contributed by atoms with van der Waals surface area (Å²) in [4.78, 5) is 15.4. The Morgan fingerprint density at radius 2 is 2.33 bits per heavy atom. The van der Waals surface area contributed by atoms with Crippen molar-refractivity contribution in [2.75, 3.05) is 20.2 Å². The molecule has 1 aromatic rings. The van der Waals surface area contributed by atoms with E-state index >= 15 is 0 Å². The van der Waals surface area contributed by atoms with Crippen LogP contribution >= 0.6 is 12.4 Å². The molecule has 0 aliphatic carbocycles. The Hall–Kier alpha value is -1.33. The Bertz CT molecular complexity index is 320. The van der Waals surface area contributed by atoms with Gasteiger partial charge in [-0.05, 0) is 6.07 Å². The number of carbonyl (C=O) groups excluding carboxylic acids is 1. The predicted molar refractivity (Wildman–Crippen MR) is 59.4 cm³/mol. The summed E-state index contributed by atoms with van der Waals surface area (Å²) in [6.45, 7) is 0.855. The van der Waals surface area contributed by atoms with E-state index in [1.807, 2.05) is 0 Å². The van der Waals surface area contributed by atoms with Gasteiger partial charge in [0.15, 0.2) is 0 Å². The number of rotatable bonds is 4. The van der Waals surface area contributed by atoms with Crippen molar-refractivity contribution in [1.82, 2.24) is 10.3 Å². The molecule has 3 N–H and O–H groups in total. The van der Waals surface area contributed by atoms with E-state index in [9.17, 15) is 4.79 Å². The molecule has 1 heterocycles. The fraction of sp³-hybridized carbons (Fsp3) is 0.333. The molecular weight excluding hydrogens is 218 g/mol. The van der Waals surface area contributed by atoms with E-state index < -0.39 is 0 Å². The van der Waals surface area contributed by atoms with Crippen molar-refractivity contribution in [3.63, 3.8) is 0 Å². The Kier molecular flexibility index (Phi) is 6.40. The van der Waals surface area contributed by atoms with Gasteiger partial charge in [-0.2, -0.15) is 0 Å². The molecule has 5 nitrogen and oxygen atoms in total. The van der Waals surface area contributed by atoms with Gasteiger partial charge in [-0.3, -0.25) is 4.79 Å². The summed E-state index contributed by atoms with van der Waals surface area (Å²) in [6.07, 6.45) is 0. The molecule has 0 aromatic carbocycles. The number of nitrogens with zero attached hydrogens (tertiary/aromatic N) is 1. The van der Waals surface area contributed by atoms with Gasteiger partial charge in [0.05, 0.1) is 7.11 Å². The number of methoxy groups -OCH3 is 1. The van der Waals surface area contributed by atoms with Gasteiger partial charge >= 0.3 is 0 Å². The van der Waals surface area contributed by atoms with E-state index in [1.54, 1.807) is 18.2 Å². The molecule has 0 bridgehead atoms. The van der Waals surface area contributed by atoms with Crippen molar-refractivity contribution >= 4 is 18.3 Å². The third-order valence-electron chi connectivity index (χ3n) is 1.60. The van der Waals surface area contributed by atoms with E-state index in [0.717, 1.165) is 0 Å². The lowest BCUT2D eigenvalue weighted by molar-refractivity contribution is 0.0949. The second kappa shape index (κ2) is 7.03. The Morgan fingerprint density at radius 3 is 2.93 bits per heavy atom. The molecule has 0 aliphatic heterocycles. The maximum atomic E-state index is 11.4. The molecule has 0 unspecified atom stereocenters. The van der Waals surface area contributed by atoms with Crippen molar-refractivity contribution in [1.29, 1.82) is 0 Å². The lowest BCUT2D eigenvalue weighted by Gasteiger charge is -2.03. The maximum absolute atomic E-state index is 11.4. The molecule has 1 aromatic heterocycles. The zero-order chi connectivity index (χ0) is 10.4. The highest BCUT2D eigenvalue weighted by molar-refractivity contribution is 5.92. The van der Waals surface area contributed by atoms with Crippen molar-refractivity contribution in [2.24, 2.45) is 5.73 Å². The molecule has 15 heavy (non-hydrogen) atoms.